The highest BCUT2D eigenvalue weighted by molar-refractivity contribution is 5.98. The van der Waals surface area contributed by atoms with Crippen LogP contribution in [0.15, 0.2) is 133 Å². The van der Waals surface area contributed by atoms with E-state index < -0.39 is 0 Å². The number of aromatic amines is 2. The van der Waals surface area contributed by atoms with Gasteiger partial charge < -0.3 is 20.6 Å². The number of nitrogens with zero attached hydrogens (tertiary/aromatic N) is 2. The molecule has 0 saturated carbocycles. The Morgan fingerprint density at radius 1 is 0.423 bits per heavy atom. The van der Waals surface area contributed by atoms with Gasteiger partial charge >= 0.3 is 0 Å². The average Bonchev–Trinajstić information content (AvgIpc) is 3.99. The lowest BCUT2D eigenvalue weighted by Gasteiger charge is -2.15. The van der Waals surface area contributed by atoms with Gasteiger partial charge in [-0.05, 0) is 110 Å². The van der Waals surface area contributed by atoms with Crippen LogP contribution in [-0.2, 0) is 0 Å². The minimum absolute atomic E-state index is 0.868. The third kappa shape index (κ3) is 5.97. The maximum Gasteiger partial charge on any atom is 0.0737 e. The second-order valence-electron chi connectivity index (χ2n) is 13.2. The van der Waals surface area contributed by atoms with Crippen LogP contribution in [0, 0.1) is 13.8 Å². The second kappa shape index (κ2) is 13.1. The van der Waals surface area contributed by atoms with Crippen molar-refractivity contribution in [3.63, 3.8) is 0 Å². The second-order valence-corrected chi connectivity index (χ2v) is 13.2. The zero-order valence-corrected chi connectivity index (χ0v) is 28.9. The van der Waals surface area contributed by atoms with E-state index in [9.17, 15) is 0 Å². The smallest absolute Gasteiger partial charge is 0.0737 e. The Morgan fingerprint density at radius 2 is 0.827 bits per heavy atom. The highest BCUT2D eigenvalue weighted by Gasteiger charge is 2.17. The third-order valence-electron chi connectivity index (χ3n) is 9.62. The standard InChI is InChI=1S/C46H36N6/c1-29-11-3-7-15-37(29)51-39-17-9-5-13-35(39)45-41-23-19-31(47-41)27-33-21-25-43(49-33)46(44-26-22-34(50-44)28-32-20-24-42(45)48-32)36-14-6-10-18-40(36)52-38-16-8-4-12-30(38)2/h3-28,47,50-52H,1-2H3. The van der Waals surface area contributed by atoms with Crippen molar-refractivity contribution in [3.05, 3.63) is 167 Å². The van der Waals surface area contributed by atoms with Crippen LogP contribution in [0.1, 0.15) is 33.9 Å². The van der Waals surface area contributed by atoms with Crippen LogP contribution in [0.3, 0.4) is 0 Å². The van der Waals surface area contributed by atoms with Gasteiger partial charge in [-0.1, -0.05) is 72.8 Å². The molecule has 2 aliphatic heterocycles. The molecule has 6 heteroatoms. The number of para-hydroxylation sites is 4. The van der Waals surface area contributed by atoms with Crippen molar-refractivity contribution in [2.45, 2.75) is 13.8 Å². The lowest BCUT2D eigenvalue weighted by Crippen LogP contribution is -1.96. The largest absolute Gasteiger partial charge is 0.355 e. The Bertz CT molecular complexity index is 2540. The molecule has 9 rings (SSSR count). The van der Waals surface area contributed by atoms with Crippen LogP contribution in [0.5, 0.6) is 0 Å². The number of aromatic nitrogens is 4. The van der Waals surface area contributed by atoms with Crippen molar-refractivity contribution < 1.29 is 0 Å². The molecule has 5 heterocycles. The molecule has 7 aromatic rings. The van der Waals surface area contributed by atoms with Gasteiger partial charge in [-0.2, -0.15) is 0 Å². The molecule has 3 aromatic heterocycles. The van der Waals surface area contributed by atoms with Gasteiger partial charge in [0.1, 0.15) is 0 Å². The van der Waals surface area contributed by atoms with E-state index in [0.29, 0.717) is 0 Å². The summed E-state index contributed by atoms with van der Waals surface area (Å²) in [5.41, 5.74) is 18.0. The Labute approximate surface area is 302 Å². The van der Waals surface area contributed by atoms with Gasteiger partial charge in [-0.3, -0.25) is 0 Å². The molecule has 0 saturated heterocycles. The molecule has 0 radical (unpaired) electrons. The fourth-order valence-corrected chi connectivity index (χ4v) is 6.98. The van der Waals surface area contributed by atoms with Gasteiger partial charge in [-0.15, -0.1) is 0 Å². The third-order valence-corrected chi connectivity index (χ3v) is 9.62. The monoisotopic (exact) mass is 672 g/mol. The van der Waals surface area contributed by atoms with E-state index in [1.807, 2.05) is 0 Å². The molecule has 6 nitrogen and oxygen atoms in total. The van der Waals surface area contributed by atoms with Gasteiger partial charge in [0.25, 0.3) is 0 Å². The maximum absolute atomic E-state index is 5.19. The molecule has 4 N–H and O–H groups in total. The normalized spacial score (nSPS) is 11.9. The molecule has 8 bridgehead atoms. The highest BCUT2D eigenvalue weighted by Crippen LogP contribution is 2.38. The van der Waals surface area contributed by atoms with Crippen molar-refractivity contribution in [2.75, 3.05) is 10.6 Å². The first kappa shape index (κ1) is 31.1. The quantitative estimate of drug-likeness (QED) is 0.142. The number of benzene rings is 4. The first-order valence-corrected chi connectivity index (χ1v) is 17.5. The maximum atomic E-state index is 5.19. The number of hydrogen-bond acceptors (Lipinski definition) is 4. The number of aryl methyl sites for hydroxylation is 2. The van der Waals surface area contributed by atoms with E-state index in [-0.39, 0.29) is 0 Å². The van der Waals surface area contributed by atoms with Crippen molar-refractivity contribution in [1.29, 1.82) is 0 Å². The van der Waals surface area contributed by atoms with Gasteiger partial charge in [-0.25, -0.2) is 9.97 Å². The average molecular weight is 673 g/mol. The summed E-state index contributed by atoms with van der Waals surface area (Å²) in [6, 6.07) is 46.2. The topological polar surface area (TPSA) is 81.4 Å². The number of hydrogen-bond donors (Lipinski definition) is 4. The van der Waals surface area contributed by atoms with Gasteiger partial charge in [0.05, 0.1) is 22.8 Å². The van der Waals surface area contributed by atoms with Crippen LogP contribution in [0.4, 0.5) is 22.7 Å². The van der Waals surface area contributed by atoms with Crippen LogP contribution >= 0.6 is 0 Å². The molecule has 0 amide bonds. The van der Waals surface area contributed by atoms with Crippen molar-refractivity contribution in [1.82, 2.24) is 19.9 Å². The van der Waals surface area contributed by atoms with Gasteiger partial charge in [0.2, 0.25) is 0 Å². The summed E-state index contributed by atoms with van der Waals surface area (Å²) in [5, 5.41) is 7.39. The zero-order valence-electron chi connectivity index (χ0n) is 28.9. The van der Waals surface area contributed by atoms with Crippen molar-refractivity contribution in [3.8, 4) is 22.3 Å². The summed E-state index contributed by atoms with van der Waals surface area (Å²) in [7, 11) is 0. The first-order valence-electron chi connectivity index (χ1n) is 17.5. The molecular weight excluding hydrogens is 637 g/mol. The minimum Gasteiger partial charge on any atom is -0.355 e. The van der Waals surface area contributed by atoms with E-state index in [1.54, 1.807) is 0 Å². The Hall–Kier alpha value is -6.92. The van der Waals surface area contributed by atoms with E-state index in [0.717, 1.165) is 89.8 Å². The summed E-state index contributed by atoms with van der Waals surface area (Å²) in [5.74, 6) is 0. The Morgan fingerprint density at radius 3 is 1.27 bits per heavy atom. The van der Waals surface area contributed by atoms with E-state index >= 15 is 0 Å². The number of H-pyrrole nitrogens is 2. The first-order chi connectivity index (χ1) is 25.6. The molecule has 4 aromatic carbocycles. The van der Waals surface area contributed by atoms with Crippen molar-refractivity contribution >= 4 is 69.1 Å². The number of rotatable bonds is 6. The molecule has 0 spiro atoms. The number of anilines is 4. The Kier molecular flexibility index (Phi) is 7.82. The number of nitrogens with one attached hydrogen (secondary N) is 4. The predicted octanol–water partition coefficient (Wildman–Crippen LogP) is 12.1. The Balaban J connectivity index is 1.26. The van der Waals surface area contributed by atoms with E-state index in [4.69, 9.17) is 9.97 Å². The van der Waals surface area contributed by atoms with Crippen LogP contribution in [-0.4, -0.2) is 19.9 Å². The fraction of sp³-hybridized carbons (Fsp3) is 0.0435. The SMILES string of the molecule is Cc1ccccc1Nc1ccccc1-c1c2nc(cc3ccc([nH]3)c(-c3ccccc3Nc3ccccc3C)c3nc(cc4ccc1[nH]4)C=C3)C=C2. The summed E-state index contributed by atoms with van der Waals surface area (Å²) < 4.78 is 0. The minimum atomic E-state index is 0.868. The summed E-state index contributed by atoms with van der Waals surface area (Å²) in [4.78, 5) is 17.8. The molecule has 2 aliphatic rings. The van der Waals surface area contributed by atoms with Crippen LogP contribution < -0.4 is 10.6 Å². The molecule has 250 valence electrons. The summed E-state index contributed by atoms with van der Waals surface area (Å²) in [6.45, 7) is 4.24. The van der Waals surface area contributed by atoms with E-state index in [2.05, 4.69) is 192 Å². The molecule has 0 fully saturated rings. The summed E-state index contributed by atoms with van der Waals surface area (Å²) in [6.07, 6.45) is 8.37. The highest BCUT2D eigenvalue weighted by atomic mass is 14.9. The zero-order chi connectivity index (χ0) is 35.0. The fourth-order valence-electron chi connectivity index (χ4n) is 6.98. The molecular formula is C46H36N6. The number of fused-ring (bicyclic) bond motifs is 8. The van der Waals surface area contributed by atoms with Gasteiger partial charge in [0, 0.05) is 67.1 Å². The molecule has 0 atom stereocenters. The lowest BCUT2D eigenvalue weighted by molar-refractivity contribution is 1.31. The van der Waals surface area contributed by atoms with Gasteiger partial charge in [0.15, 0.2) is 0 Å². The van der Waals surface area contributed by atoms with Crippen molar-refractivity contribution in [2.24, 2.45) is 0 Å². The molecule has 0 aliphatic carbocycles. The van der Waals surface area contributed by atoms with E-state index in [1.165, 1.54) is 11.1 Å². The molecule has 0 unspecified atom stereocenters. The molecule has 52 heavy (non-hydrogen) atoms. The predicted molar refractivity (Wildman–Crippen MR) is 219 cm³/mol. The lowest BCUT2D eigenvalue weighted by atomic mass is 10.0. The van der Waals surface area contributed by atoms with Crippen LogP contribution in [0.2, 0.25) is 0 Å². The summed E-state index contributed by atoms with van der Waals surface area (Å²) >= 11 is 0. The van der Waals surface area contributed by atoms with Crippen LogP contribution in [0.25, 0.3) is 68.6 Å².